The van der Waals surface area contributed by atoms with Crippen LogP contribution >= 0.6 is 0 Å². The van der Waals surface area contributed by atoms with Crippen molar-refractivity contribution >= 4 is 15.9 Å². The highest BCUT2D eigenvalue weighted by Gasteiger charge is 2.23. The number of carbonyl (C=O) groups excluding carboxylic acids is 1. The predicted octanol–water partition coefficient (Wildman–Crippen LogP) is 1.19. The Balaban J connectivity index is 2.48. The molecule has 1 aliphatic rings. The molecule has 2 rings (SSSR count). The first-order valence-corrected chi connectivity index (χ1v) is 7.78. The maximum absolute atomic E-state index is 12.3. The zero-order chi connectivity index (χ0) is 14.2. The van der Waals surface area contributed by atoms with E-state index in [2.05, 4.69) is 0 Å². The van der Waals surface area contributed by atoms with Crippen molar-refractivity contribution in [3.05, 3.63) is 28.8 Å². The van der Waals surface area contributed by atoms with Gasteiger partial charge in [0.15, 0.2) is 0 Å². The molecule has 1 heterocycles. The number of rotatable bonds is 2. The molecule has 2 N–H and O–H groups in total. The third-order valence-electron chi connectivity index (χ3n) is 3.45. The van der Waals surface area contributed by atoms with Gasteiger partial charge in [-0.1, -0.05) is 6.07 Å². The number of aryl methyl sites for hydroxylation is 2. The second-order valence-electron chi connectivity index (χ2n) is 4.98. The van der Waals surface area contributed by atoms with E-state index >= 15 is 0 Å². The van der Waals surface area contributed by atoms with Crippen molar-refractivity contribution in [2.45, 2.75) is 31.6 Å². The molecule has 0 spiro atoms. The zero-order valence-corrected chi connectivity index (χ0v) is 12.0. The molecule has 1 aliphatic heterocycles. The van der Waals surface area contributed by atoms with Crippen LogP contribution in [0.5, 0.6) is 0 Å². The lowest BCUT2D eigenvalue weighted by Crippen LogP contribution is -2.28. The van der Waals surface area contributed by atoms with E-state index in [1.807, 2.05) is 6.92 Å². The van der Waals surface area contributed by atoms with Crippen LogP contribution in [-0.2, 0) is 10.0 Å². The van der Waals surface area contributed by atoms with E-state index in [-0.39, 0.29) is 10.8 Å². The average Bonchev–Trinajstić information content (AvgIpc) is 2.79. The summed E-state index contributed by atoms with van der Waals surface area (Å²) in [6.07, 6.45) is 2.00. The Morgan fingerprint density at radius 3 is 2.26 bits per heavy atom. The van der Waals surface area contributed by atoms with Gasteiger partial charge in [0.1, 0.15) is 0 Å². The topological polar surface area (TPSA) is 80.5 Å². The van der Waals surface area contributed by atoms with Crippen LogP contribution in [0.1, 0.15) is 34.3 Å². The van der Waals surface area contributed by atoms with Crippen LogP contribution in [-0.4, -0.2) is 32.3 Å². The van der Waals surface area contributed by atoms with Gasteiger partial charge in [-0.3, -0.25) is 4.79 Å². The molecular formula is C13H18N2O3S. The summed E-state index contributed by atoms with van der Waals surface area (Å²) < 4.78 is 23.0. The van der Waals surface area contributed by atoms with Crippen molar-refractivity contribution in [1.82, 2.24) is 4.90 Å². The number of sulfonamides is 1. The number of nitrogens with zero attached hydrogens (tertiary/aromatic N) is 1. The van der Waals surface area contributed by atoms with Gasteiger partial charge in [0.05, 0.1) is 4.90 Å². The summed E-state index contributed by atoms with van der Waals surface area (Å²) in [6.45, 7) is 4.95. The minimum atomic E-state index is -3.80. The third kappa shape index (κ3) is 2.79. The van der Waals surface area contributed by atoms with Crippen molar-refractivity contribution in [3.8, 4) is 0 Å². The Morgan fingerprint density at radius 2 is 1.74 bits per heavy atom. The van der Waals surface area contributed by atoms with Crippen LogP contribution in [0, 0.1) is 13.8 Å². The van der Waals surface area contributed by atoms with Crippen LogP contribution < -0.4 is 5.14 Å². The standard InChI is InChI=1S/C13H18N2O3S/c1-9-7-10(2)12(19(14,17)18)8-11(9)13(16)15-5-3-4-6-15/h7-8H,3-6H2,1-2H3,(H2,14,17,18). The normalized spacial score (nSPS) is 15.8. The van der Waals surface area contributed by atoms with E-state index in [4.69, 9.17) is 5.14 Å². The Bertz CT molecular complexity index is 617. The van der Waals surface area contributed by atoms with Gasteiger partial charge >= 0.3 is 0 Å². The molecule has 0 atom stereocenters. The van der Waals surface area contributed by atoms with Gasteiger partial charge in [0, 0.05) is 18.7 Å². The molecule has 5 nitrogen and oxygen atoms in total. The van der Waals surface area contributed by atoms with Crippen LogP contribution in [0.25, 0.3) is 0 Å². The van der Waals surface area contributed by atoms with Gasteiger partial charge < -0.3 is 4.90 Å². The van der Waals surface area contributed by atoms with E-state index in [0.29, 0.717) is 11.1 Å². The smallest absolute Gasteiger partial charge is 0.254 e. The van der Waals surface area contributed by atoms with Gasteiger partial charge in [0.25, 0.3) is 5.91 Å². The van der Waals surface area contributed by atoms with Crippen LogP contribution in [0.3, 0.4) is 0 Å². The molecule has 0 aliphatic carbocycles. The summed E-state index contributed by atoms with van der Waals surface area (Å²) >= 11 is 0. The number of likely N-dealkylation sites (tertiary alicyclic amines) is 1. The van der Waals surface area contributed by atoms with E-state index < -0.39 is 10.0 Å². The Morgan fingerprint density at radius 1 is 1.16 bits per heavy atom. The monoisotopic (exact) mass is 282 g/mol. The fourth-order valence-corrected chi connectivity index (χ4v) is 3.25. The van der Waals surface area contributed by atoms with Gasteiger partial charge in [-0.25, -0.2) is 13.6 Å². The maximum atomic E-state index is 12.3. The molecule has 6 heteroatoms. The highest BCUT2D eigenvalue weighted by Crippen LogP contribution is 2.22. The largest absolute Gasteiger partial charge is 0.339 e. The first-order valence-electron chi connectivity index (χ1n) is 6.24. The summed E-state index contributed by atoms with van der Waals surface area (Å²) in [5.74, 6) is -0.111. The number of primary sulfonamides is 1. The van der Waals surface area contributed by atoms with Gasteiger partial charge in [0.2, 0.25) is 10.0 Å². The summed E-state index contributed by atoms with van der Waals surface area (Å²) in [5, 5.41) is 5.18. The number of nitrogens with two attached hydrogens (primary N) is 1. The van der Waals surface area contributed by atoms with Crippen LogP contribution in [0.15, 0.2) is 17.0 Å². The van der Waals surface area contributed by atoms with E-state index in [1.54, 1.807) is 17.9 Å². The Hall–Kier alpha value is -1.40. The predicted molar refractivity (Wildman–Crippen MR) is 72.4 cm³/mol. The maximum Gasteiger partial charge on any atom is 0.254 e. The van der Waals surface area contributed by atoms with Crippen molar-refractivity contribution < 1.29 is 13.2 Å². The second kappa shape index (κ2) is 4.94. The van der Waals surface area contributed by atoms with Crippen molar-refractivity contribution in [1.29, 1.82) is 0 Å². The highest BCUT2D eigenvalue weighted by molar-refractivity contribution is 7.89. The lowest BCUT2D eigenvalue weighted by molar-refractivity contribution is 0.0792. The molecule has 1 saturated heterocycles. The number of benzene rings is 1. The molecular weight excluding hydrogens is 264 g/mol. The van der Waals surface area contributed by atoms with Crippen molar-refractivity contribution in [2.24, 2.45) is 5.14 Å². The first kappa shape index (κ1) is 14.0. The highest BCUT2D eigenvalue weighted by atomic mass is 32.2. The van der Waals surface area contributed by atoms with E-state index in [1.165, 1.54) is 6.07 Å². The van der Waals surface area contributed by atoms with E-state index in [0.717, 1.165) is 31.5 Å². The van der Waals surface area contributed by atoms with Crippen LogP contribution in [0.4, 0.5) is 0 Å². The van der Waals surface area contributed by atoms with Gasteiger partial charge in [-0.15, -0.1) is 0 Å². The number of hydrogen-bond donors (Lipinski definition) is 1. The van der Waals surface area contributed by atoms with Gasteiger partial charge in [-0.05, 0) is 43.9 Å². The quantitative estimate of drug-likeness (QED) is 0.884. The summed E-state index contributed by atoms with van der Waals surface area (Å²) in [4.78, 5) is 14.1. The number of carbonyl (C=O) groups is 1. The summed E-state index contributed by atoms with van der Waals surface area (Å²) in [7, 11) is -3.80. The van der Waals surface area contributed by atoms with Gasteiger partial charge in [-0.2, -0.15) is 0 Å². The lowest BCUT2D eigenvalue weighted by atomic mass is 10.0. The van der Waals surface area contributed by atoms with Crippen molar-refractivity contribution in [3.63, 3.8) is 0 Å². The molecule has 1 aromatic rings. The van der Waals surface area contributed by atoms with Crippen molar-refractivity contribution in [2.75, 3.05) is 13.1 Å². The molecule has 0 aromatic heterocycles. The molecule has 0 unspecified atom stereocenters. The molecule has 1 aromatic carbocycles. The molecule has 0 saturated carbocycles. The molecule has 1 fully saturated rings. The minimum absolute atomic E-state index is 0.0284. The summed E-state index contributed by atoms with van der Waals surface area (Å²) in [6, 6.07) is 3.10. The number of amides is 1. The van der Waals surface area contributed by atoms with E-state index in [9.17, 15) is 13.2 Å². The van der Waals surface area contributed by atoms with Crippen LogP contribution in [0.2, 0.25) is 0 Å². The number of hydrogen-bond acceptors (Lipinski definition) is 3. The molecule has 104 valence electrons. The zero-order valence-electron chi connectivity index (χ0n) is 11.1. The molecule has 0 radical (unpaired) electrons. The fraction of sp³-hybridized carbons (Fsp3) is 0.462. The Kier molecular flexibility index (Phi) is 3.64. The summed E-state index contributed by atoms with van der Waals surface area (Å²) in [5.41, 5.74) is 1.77. The first-order chi connectivity index (χ1) is 8.80. The molecule has 1 amide bonds. The fourth-order valence-electron chi connectivity index (χ4n) is 2.46. The average molecular weight is 282 g/mol. The third-order valence-corrected chi connectivity index (χ3v) is 4.51. The molecule has 19 heavy (non-hydrogen) atoms. The minimum Gasteiger partial charge on any atom is -0.339 e. The Labute approximate surface area is 113 Å². The SMILES string of the molecule is Cc1cc(C)c(S(N)(=O)=O)cc1C(=O)N1CCCC1. The molecule has 0 bridgehead atoms. The second-order valence-corrected chi connectivity index (χ2v) is 6.51. The lowest BCUT2D eigenvalue weighted by Gasteiger charge is -2.18.